The van der Waals surface area contributed by atoms with Crippen molar-refractivity contribution in [3.63, 3.8) is 0 Å². The predicted molar refractivity (Wildman–Crippen MR) is 80.8 cm³/mol. The van der Waals surface area contributed by atoms with Crippen LogP contribution >= 0.6 is 11.8 Å². The second-order valence-electron chi connectivity index (χ2n) is 4.59. The molecule has 1 aromatic heterocycles. The summed E-state index contributed by atoms with van der Waals surface area (Å²) < 4.78 is 6.10. The minimum Gasteiger partial charge on any atom is -0.465 e. The fourth-order valence-corrected chi connectivity index (χ4v) is 2.59. The molecule has 1 atom stereocenters. The number of methoxy groups -OCH3 is 1. The number of carbonyl (C=O) groups is 1. The van der Waals surface area contributed by atoms with E-state index in [1.54, 1.807) is 19.2 Å². The van der Waals surface area contributed by atoms with Crippen molar-refractivity contribution < 1.29 is 14.6 Å². The van der Waals surface area contributed by atoms with Crippen LogP contribution in [-0.4, -0.2) is 40.1 Å². The Kier molecular flexibility index (Phi) is 4.64. The molecule has 0 aliphatic heterocycles. The summed E-state index contributed by atoms with van der Waals surface area (Å²) >= 11 is 1.31. The Morgan fingerprint density at radius 1 is 1.52 bits per heavy atom. The molecule has 0 aliphatic carbocycles. The molecule has 0 radical (unpaired) electrons. The van der Waals surface area contributed by atoms with Crippen LogP contribution in [0.2, 0.25) is 0 Å². The third-order valence-corrected chi connectivity index (χ3v) is 3.65. The minimum absolute atomic E-state index is 0.177. The van der Waals surface area contributed by atoms with E-state index in [1.165, 1.54) is 35.6 Å². The smallest absolute Gasteiger partial charge is 0.337 e. The lowest BCUT2D eigenvalue weighted by atomic mass is 10.1. The summed E-state index contributed by atoms with van der Waals surface area (Å²) in [6.45, 7) is 1.79. The highest BCUT2D eigenvalue weighted by molar-refractivity contribution is 7.98. The Labute approximate surface area is 125 Å². The van der Waals surface area contributed by atoms with E-state index in [0.29, 0.717) is 21.6 Å². The molecule has 2 rings (SSSR count). The molecule has 6 nitrogen and oxygen atoms in total. The molecule has 0 spiro atoms. The average Bonchev–Trinajstić information content (AvgIpc) is 2.48. The summed E-state index contributed by atoms with van der Waals surface area (Å²) in [6, 6.07) is 4.62. The average molecular weight is 308 g/mol. The fourth-order valence-electron chi connectivity index (χ4n) is 2.03. The van der Waals surface area contributed by atoms with Gasteiger partial charge in [0.2, 0.25) is 0 Å². The molecule has 112 valence electrons. The number of nitrogens with zero attached hydrogens (tertiary/aromatic N) is 2. The highest BCUT2D eigenvalue weighted by atomic mass is 32.2. The first-order valence-electron chi connectivity index (χ1n) is 6.33. The number of hydrogen-bond acceptors (Lipinski definition) is 6. The van der Waals surface area contributed by atoms with E-state index in [9.17, 15) is 14.7 Å². The maximum absolute atomic E-state index is 12.5. The van der Waals surface area contributed by atoms with Crippen LogP contribution in [0.15, 0.2) is 28.2 Å². The molecule has 2 aromatic rings. The molecule has 0 aliphatic rings. The zero-order valence-electron chi connectivity index (χ0n) is 12.0. The van der Waals surface area contributed by atoms with E-state index in [0.717, 1.165) is 0 Å². The molecule has 1 N–H and O–H groups in total. The number of hydrogen-bond donors (Lipinski definition) is 1. The van der Waals surface area contributed by atoms with Gasteiger partial charge in [-0.3, -0.25) is 9.36 Å². The number of benzene rings is 1. The number of fused-ring (bicyclic) bond motifs is 1. The van der Waals surface area contributed by atoms with Gasteiger partial charge in [0, 0.05) is 0 Å². The van der Waals surface area contributed by atoms with Gasteiger partial charge in [0.25, 0.3) is 5.56 Å². The van der Waals surface area contributed by atoms with Crippen molar-refractivity contribution in [1.82, 2.24) is 9.55 Å². The number of aliphatic hydroxyl groups is 1. The van der Waals surface area contributed by atoms with Crippen LogP contribution in [0.25, 0.3) is 10.9 Å². The van der Waals surface area contributed by atoms with Crippen molar-refractivity contribution in [2.24, 2.45) is 0 Å². The second-order valence-corrected chi connectivity index (χ2v) is 5.36. The van der Waals surface area contributed by atoms with Crippen molar-refractivity contribution in [3.8, 4) is 0 Å². The van der Waals surface area contributed by atoms with Gasteiger partial charge in [-0.2, -0.15) is 0 Å². The Bertz CT molecular complexity index is 740. The number of aliphatic hydroxyl groups excluding tert-OH is 1. The first kappa shape index (κ1) is 15.5. The van der Waals surface area contributed by atoms with E-state index in [1.807, 2.05) is 0 Å². The lowest BCUT2D eigenvalue weighted by Crippen LogP contribution is -2.27. The summed E-state index contributed by atoms with van der Waals surface area (Å²) in [6.07, 6.45) is 1.15. The largest absolute Gasteiger partial charge is 0.465 e. The van der Waals surface area contributed by atoms with Crippen LogP contribution in [0.5, 0.6) is 0 Å². The van der Waals surface area contributed by atoms with Gasteiger partial charge in [-0.05, 0) is 31.4 Å². The molecule has 0 saturated carbocycles. The molecule has 1 aromatic carbocycles. The van der Waals surface area contributed by atoms with Gasteiger partial charge in [0.1, 0.15) is 0 Å². The summed E-state index contributed by atoms with van der Waals surface area (Å²) in [5.74, 6) is -0.474. The molecule has 0 unspecified atom stereocenters. The zero-order chi connectivity index (χ0) is 15.6. The third-order valence-electron chi connectivity index (χ3n) is 2.97. The standard InChI is InChI=1S/C14H16N2O4S/c1-8(17)7-16-12(18)10-5-4-9(13(19)20-2)6-11(10)15-14(16)21-3/h4-6,8,17H,7H2,1-3H3/t8-/m1/s1. The normalized spacial score (nSPS) is 12.4. The van der Waals surface area contributed by atoms with Crippen molar-refractivity contribution in [1.29, 1.82) is 0 Å². The van der Waals surface area contributed by atoms with Crippen molar-refractivity contribution in [2.45, 2.75) is 24.7 Å². The van der Waals surface area contributed by atoms with Gasteiger partial charge in [0.15, 0.2) is 5.16 Å². The van der Waals surface area contributed by atoms with Crippen molar-refractivity contribution in [3.05, 3.63) is 34.1 Å². The lowest BCUT2D eigenvalue weighted by Gasteiger charge is -2.13. The molecule has 0 amide bonds. The fraction of sp³-hybridized carbons (Fsp3) is 0.357. The summed E-state index contributed by atoms with van der Waals surface area (Å²) in [7, 11) is 1.30. The zero-order valence-corrected chi connectivity index (χ0v) is 12.8. The van der Waals surface area contributed by atoms with Gasteiger partial charge in [-0.1, -0.05) is 11.8 Å². The summed E-state index contributed by atoms with van der Waals surface area (Å²) in [4.78, 5) is 28.4. The number of aromatic nitrogens is 2. The van der Waals surface area contributed by atoms with Crippen molar-refractivity contribution in [2.75, 3.05) is 13.4 Å². The minimum atomic E-state index is -0.651. The third kappa shape index (κ3) is 3.08. The quantitative estimate of drug-likeness (QED) is 0.521. The lowest BCUT2D eigenvalue weighted by molar-refractivity contribution is 0.0601. The topological polar surface area (TPSA) is 81.4 Å². The molecule has 1 heterocycles. The molecule has 7 heteroatoms. The monoisotopic (exact) mass is 308 g/mol. The molecular formula is C14H16N2O4S. The first-order chi connectivity index (χ1) is 9.97. The maximum Gasteiger partial charge on any atom is 0.337 e. The number of thioether (sulfide) groups is 1. The van der Waals surface area contributed by atoms with Crippen molar-refractivity contribution >= 4 is 28.6 Å². The molecule has 0 fully saturated rings. The number of carbonyl (C=O) groups excluding carboxylic acids is 1. The maximum atomic E-state index is 12.5. The molecule has 0 saturated heterocycles. The summed E-state index contributed by atoms with van der Waals surface area (Å²) in [5, 5.41) is 10.4. The Morgan fingerprint density at radius 2 is 2.24 bits per heavy atom. The van der Waals surface area contributed by atoms with E-state index in [2.05, 4.69) is 9.72 Å². The molecule has 0 bridgehead atoms. The Balaban J connectivity index is 2.67. The van der Waals surface area contributed by atoms with E-state index in [4.69, 9.17) is 0 Å². The molecular weight excluding hydrogens is 292 g/mol. The number of rotatable bonds is 4. The van der Waals surface area contributed by atoms with E-state index >= 15 is 0 Å². The SMILES string of the molecule is COC(=O)c1ccc2c(=O)n(C[C@@H](C)O)c(SC)nc2c1. The van der Waals surface area contributed by atoms with Gasteiger partial charge in [-0.25, -0.2) is 9.78 Å². The van der Waals surface area contributed by atoms with Crippen LogP contribution in [0.1, 0.15) is 17.3 Å². The van der Waals surface area contributed by atoms with Gasteiger partial charge < -0.3 is 9.84 Å². The van der Waals surface area contributed by atoms with Crippen LogP contribution in [0.3, 0.4) is 0 Å². The summed E-state index contributed by atoms with van der Waals surface area (Å²) in [5.41, 5.74) is 0.549. The van der Waals surface area contributed by atoms with Gasteiger partial charge in [0.05, 0.1) is 36.2 Å². The molecule has 21 heavy (non-hydrogen) atoms. The Morgan fingerprint density at radius 3 is 2.81 bits per heavy atom. The Hall–Kier alpha value is -1.86. The predicted octanol–water partition coefficient (Wildman–Crippen LogP) is 1.29. The first-order valence-corrected chi connectivity index (χ1v) is 7.55. The van der Waals surface area contributed by atoms with Gasteiger partial charge >= 0.3 is 5.97 Å². The van der Waals surface area contributed by atoms with Crippen LogP contribution < -0.4 is 5.56 Å². The van der Waals surface area contributed by atoms with E-state index in [-0.39, 0.29) is 12.1 Å². The van der Waals surface area contributed by atoms with Crippen LogP contribution in [0, 0.1) is 0 Å². The highest BCUT2D eigenvalue weighted by Gasteiger charge is 2.14. The number of esters is 1. The van der Waals surface area contributed by atoms with Gasteiger partial charge in [-0.15, -0.1) is 0 Å². The van der Waals surface area contributed by atoms with E-state index < -0.39 is 12.1 Å². The number of ether oxygens (including phenoxy) is 1. The van der Waals surface area contributed by atoms with Crippen LogP contribution in [0.4, 0.5) is 0 Å². The highest BCUT2D eigenvalue weighted by Crippen LogP contribution is 2.17. The second kappa shape index (κ2) is 6.28. The van der Waals surface area contributed by atoms with Crippen LogP contribution in [-0.2, 0) is 11.3 Å².